The van der Waals surface area contributed by atoms with Gasteiger partial charge in [0.05, 0.1) is 46.5 Å². The number of non-ortho nitro benzene ring substituents is 1. The Hall–Kier alpha value is -9.75. The number of hydrogen-bond acceptors (Lipinski definition) is 24. The Kier molecular flexibility index (Phi) is 23.0. The van der Waals surface area contributed by atoms with Crippen molar-refractivity contribution in [3.8, 4) is 45.1 Å². The van der Waals surface area contributed by atoms with Crippen molar-refractivity contribution in [2.75, 3.05) is 33.8 Å². The molecule has 7 rings (SSSR count). The molecule has 0 amide bonds. The second kappa shape index (κ2) is 31.1. The maximum Gasteiger partial charge on any atom is 0.333 e. The molecule has 2 fully saturated rings. The highest BCUT2D eigenvalue weighted by Crippen LogP contribution is 2.40. The maximum absolute atomic E-state index is 13.8. The molecule has 0 bridgehead atoms. The summed E-state index contributed by atoms with van der Waals surface area (Å²) in [7, 11) is 0. The summed E-state index contributed by atoms with van der Waals surface area (Å²) >= 11 is 1.27. The van der Waals surface area contributed by atoms with Gasteiger partial charge < -0.3 is 56.8 Å². The van der Waals surface area contributed by atoms with Crippen LogP contribution in [0.3, 0.4) is 0 Å². The van der Waals surface area contributed by atoms with Crippen molar-refractivity contribution in [3.63, 3.8) is 0 Å². The first-order valence-electron chi connectivity index (χ1n) is 26.4. The van der Waals surface area contributed by atoms with E-state index in [1.807, 2.05) is 0 Å². The average molecular weight is 1190 g/mol. The van der Waals surface area contributed by atoms with Crippen LogP contribution in [-0.2, 0) is 79.8 Å². The average Bonchev–Trinajstić information content (AvgIpc) is 2.84. The van der Waals surface area contributed by atoms with Gasteiger partial charge in [0.25, 0.3) is 5.69 Å². The molecule has 0 saturated heterocycles. The number of carbonyl (C=O) groups excluding carboxylic acids is 8. The summed E-state index contributed by atoms with van der Waals surface area (Å²) in [5.74, 6) is -6.34. The monoisotopic (exact) mass is 1190 g/mol. The molecule has 0 atom stereocenters. The number of esters is 8. The number of hydrogen-bond donors (Lipinski definition) is 0. The molecule has 24 nitrogen and oxygen atoms in total. The summed E-state index contributed by atoms with van der Waals surface area (Å²) in [5.41, 5.74) is 1.92. The van der Waals surface area contributed by atoms with Crippen molar-refractivity contribution in [1.29, 1.82) is 0 Å². The van der Waals surface area contributed by atoms with Crippen LogP contribution in [0.4, 0.5) is 5.69 Å². The lowest BCUT2D eigenvalue weighted by molar-refractivity contribution is -0.384. The third-order valence-corrected chi connectivity index (χ3v) is 14.5. The summed E-state index contributed by atoms with van der Waals surface area (Å²) in [5, 5.41) is 11.9. The predicted molar refractivity (Wildman–Crippen MR) is 298 cm³/mol. The number of carbonyl (C=O) groups is 8. The molecular weight excluding hydrogens is 1130 g/mol. The highest BCUT2D eigenvalue weighted by molar-refractivity contribution is 7.21. The van der Waals surface area contributed by atoms with Crippen molar-refractivity contribution >= 4 is 75.0 Å². The SMILES string of the molecule is C=CC(=O)OCOCc1cc(OC(=O)C2CCC(C(=O)Oc3ccc(CCOC(=O)C4CCC(C(=O)Oc5ccc(OCOC(=O)C=C)c(OCOC(=O)C=C)c5)CC4)c4sc(-c5ccc([N+](=O)[O-])cc5)nc34)CC2)ccc1OCOC(=O)C=C. The Bertz CT molecular complexity index is 3320. The lowest BCUT2D eigenvalue weighted by atomic mass is 9.82. The zero-order chi connectivity index (χ0) is 60.8. The van der Waals surface area contributed by atoms with E-state index in [1.54, 1.807) is 24.3 Å². The molecule has 5 aromatic rings. The predicted octanol–water partition coefficient (Wildman–Crippen LogP) is 9.09. The van der Waals surface area contributed by atoms with Gasteiger partial charge in [0.2, 0.25) is 20.4 Å². The zero-order valence-electron chi connectivity index (χ0n) is 45.8. The Morgan fingerprint density at radius 2 is 0.976 bits per heavy atom. The van der Waals surface area contributed by atoms with Crippen molar-refractivity contribution in [1.82, 2.24) is 4.98 Å². The summed E-state index contributed by atoms with van der Waals surface area (Å²) in [6.07, 6.45) is 6.71. The molecule has 0 radical (unpaired) electrons. The van der Waals surface area contributed by atoms with Crippen LogP contribution in [0.25, 0.3) is 20.8 Å². The van der Waals surface area contributed by atoms with Gasteiger partial charge in [0.15, 0.2) is 24.0 Å². The summed E-state index contributed by atoms with van der Waals surface area (Å²) < 4.78 is 65.3. The number of rotatable bonds is 29. The van der Waals surface area contributed by atoms with E-state index < -0.39 is 104 Å². The molecule has 0 aliphatic heterocycles. The van der Waals surface area contributed by atoms with Crippen molar-refractivity contribution < 1.29 is 100 Å². The molecule has 4 aromatic carbocycles. The van der Waals surface area contributed by atoms with Gasteiger partial charge >= 0.3 is 47.8 Å². The van der Waals surface area contributed by atoms with Gasteiger partial charge in [-0.15, -0.1) is 11.3 Å². The Morgan fingerprint density at radius 3 is 1.51 bits per heavy atom. The molecule has 2 aliphatic carbocycles. The molecule has 0 spiro atoms. The van der Waals surface area contributed by atoms with Crippen LogP contribution in [0.1, 0.15) is 62.5 Å². The third-order valence-electron chi connectivity index (χ3n) is 13.4. The molecule has 1 heterocycles. The Balaban J connectivity index is 0.937. The molecule has 2 saturated carbocycles. The maximum atomic E-state index is 13.8. The molecule has 1 aromatic heterocycles. The summed E-state index contributed by atoms with van der Waals surface area (Å²) in [6.45, 7) is 11.2. The zero-order valence-corrected chi connectivity index (χ0v) is 46.6. The van der Waals surface area contributed by atoms with Crippen molar-refractivity contribution in [2.24, 2.45) is 23.7 Å². The number of nitrogens with zero attached hydrogens (tertiary/aromatic N) is 2. The lowest BCUT2D eigenvalue weighted by Crippen LogP contribution is -2.30. The van der Waals surface area contributed by atoms with Crippen LogP contribution in [0.2, 0.25) is 0 Å². The van der Waals surface area contributed by atoms with Crippen LogP contribution in [0.15, 0.2) is 123 Å². The number of ether oxygens (including phenoxy) is 12. The fourth-order valence-electron chi connectivity index (χ4n) is 8.86. The van der Waals surface area contributed by atoms with Crippen LogP contribution in [0.5, 0.6) is 34.5 Å². The van der Waals surface area contributed by atoms with Gasteiger partial charge in [-0.3, -0.25) is 29.3 Å². The van der Waals surface area contributed by atoms with E-state index in [1.165, 1.54) is 59.9 Å². The minimum absolute atomic E-state index is 0.00852. The lowest BCUT2D eigenvalue weighted by Gasteiger charge is -2.26. The molecular formula is C60H58N2O22S. The van der Waals surface area contributed by atoms with E-state index in [0.717, 1.165) is 29.9 Å². The number of nitro groups is 1. The van der Waals surface area contributed by atoms with E-state index in [-0.39, 0.29) is 59.8 Å². The highest BCUT2D eigenvalue weighted by atomic mass is 32.1. The standard InChI is InChI=1S/C60H58N2O22S/c1-5-50(63)78-32-73-31-42-29-44(22-25-46(42)75-33-79-51(64)6-2)82-58(68)40-13-15-41(16-14-40)60(70)84-48-24-19-36(55-54(48)61-56(85-55)37-17-20-43(21-18-37)62(71)72)27-28-74-57(67)38-9-11-39(12-10-38)59(69)83-45-23-26-47(76-34-80-52(65)7-3)49(30-45)77-35-81-53(66)8-4/h5-8,17-26,29-30,38-41H,1-4,9-16,27-28,31-35H2. The van der Waals surface area contributed by atoms with Crippen molar-refractivity contribution in [2.45, 2.75) is 64.4 Å². The first-order chi connectivity index (χ1) is 41.0. The highest BCUT2D eigenvalue weighted by Gasteiger charge is 2.34. The Morgan fingerprint density at radius 1 is 0.518 bits per heavy atom. The second-order valence-electron chi connectivity index (χ2n) is 18.8. The number of fused-ring (bicyclic) bond motifs is 1. The van der Waals surface area contributed by atoms with Gasteiger partial charge in [-0.05, 0) is 105 Å². The smallest absolute Gasteiger partial charge is 0.333 e. The topological polar surface area (TPSA) is 303 Å². The van der Waals surface area contributed by atoms with Crippen LogP contribution >= 0.6 is 11.3 Å². The van der Waals surface area contributed by atoms with Crippen molar-refractivity contribution in [3.05, 3.63) is 145 Å². The quantitative estimate of drug-likeness (QED) is 0.00629. The molecule has 85 heavy (non-hydrogen) atoms. The summed E-state index contributed by atoms with van der Waals surface area (Å²) in [4.78, 5) is 116. The first-order valence-corrected chi connectivity index (χ1v) is 27.3. The van der Waals surface area contributed by atoms with E-state index in [4.69, 9.17) is 61.8 Å². The van der Waals surface area contributed by atoms with E-state index in [9.17, 15) is 48.5 Å². The van der Waals surface area contributed by atoms with Gasteiger partial charge in [-0.25, -0.2) is 24.2 Å². The Labute approximate surface area is 489 Å². The first kappa shape index (κ1) is 62.8. The summed E-state index contributed by atoms with van der Waals surface area (Å²) in [6, 6.07) is 17.9. The van der Waals surface area contributed by atoms with Crippen LogP contribution in [0, 0.1) is 33.8 Å². The normalized spacial score (nSPS) is 16.2. The van der Waals surface area contributed by atoms with Crippen LogP contribution < -0.4 is 28.4 Å². The van der Waals surface area contributed by atoms with E-state index in [0.29, 0.717) is 77.7 Å². The number of aromatic nitrogens is 1. The molecule has 2 aliphatic rings. The van der Waals surface area contributed by atoms with Crippen LogP contribution in [-0.4, -0.2) is 91.4 Å². The van der Waals surface area contributed by atoms with E-state index >= 15 is 0 Å². The molecule has 25 heteroatoms. The number of benzene rings is 4. The number of thiazole rings is 1. The minimum atomic E-state index is -0.748. The third kappa shape index (κ3) is 18.1. The largest absolute Gasteiger partial charge is 0.465 e. The molecule has 446 valence electrons. The fraction of sp³-hybridized carbons (Fsp3) is 0.317. The van der Waals surface area contributed by atoms with Gasteiger partial charge in [-0.1, -0.05) is 32.4 Å². The van der Waals surface area contributed by atoms with Gasteiger partial charge in [0.1, 0.15) is 27.8 Å². The second-order valence-corrected chi connectivity index (χ2v) is 19.8. The number of nitro benzene ring substituents is 1. The minimum Gasteiger partial charge on any atom is -0.465 e. The molecule has 0 N–H and O–H groups in total. The van der Waals surface area contributed by atoms with Gasteiger partial charge in [-0.2, -0.15) is 0 Å². The van der Waals surface area contributed by atoms with Gasteiger partial charge in [0, 0.05) is 60.1 Å². The van der Waals surface area contributed by atoms with E-state index in [2.05, 4.69) is 26.3 Å². The molecule has 0 unspecified atom stereocenters. The fourth-order valence-corrected chi connectivity index (χ4v) is 9.99.